The molecule has 1 fully saturated rings. The Morgan fingerprint density at radius 3 is 2.83 bits per heavy atom. The Hall–Kier alpha value is -2.69. The van der Waals surface area contributed by atoms with E-state index in [0.29, 0.717) is 18.7 Å². The monoisotopic (exact) mass is 312 g/mol. The van der Waals surface area contributed by atoms with E-state index in [4.69, 9.17) is 10.1 Å². The minimum absolute atomic E-state index is 0.165. The van der Waals surface area contributed by atoms with Gasteiger partial charge in [-0.05, 0) is 36.3 Å². The number of rotatable bonds is 3. The van der Waals surface area contributed by atoms with Crippen LogP contribution in [0.25, 0.3) is 0 Å². The summed E-state index contributed by atoms with van der Waals surface area (Å²) in [4.78, 5) is 13.7. The summed E-state index contributed by atoms with van der Waals surface area (Å²) < 4.78 is 18.6. The standard InChI is InChI=1S/C18H17FN2O2/c1-12(15-9-14(19)7-8-16(15)20)10-21-17(11-23-18(21)22)13-5-3-2-4-6-13/h2-9,17,20H,10-11H2,1H3/b15-12+,20-16?/t17-/m0/s1. The zero-order valence-corrected chi connectivity index (χ0v) is 12.8. The van der Waals surface area contributed by atoms with Crippen molar-refractivity contribution in [2.24, 2.45) is 0 Å². The van der Waals surface area contributed by atoms with Crippen molar-refractivity contribution in [3.05, 3.63) is 71.1 Å². The fourth-order valence-electron chi connectivity index (χ4n) is 2.79. The van der Waals surface area contributed by atoms with Gasteiger partial charge in [0.25, 0.3) is 0 Å². The SMILES string of the molecule is C/C(CN1C(=O)OC[C@H]1c1ccccc1)=C1/C=C(F)C=CC1=N. The minimum atomic E-state index is -0.390. The fraction of sp³-hybridized carbons (Fsp3) is 0.222. The number of benzene rings is 1. The lowest BCUT2D eigenvalue weighted by atomic mass is 9.98. The number of nitrogens with zero attached hydrogens (tertiary/aromatic N) is 1. The fourth-order valence-corrected chi connectivity index (χ4v) is 2.79. The van der Waals surface area contributed by atoms with E-state index in [0.717, 1.165) is 11.1 Å². The van der Waals surface area contributed by atoms with E-state index < -0.39 is 0 Å². The lowest BCUT2D eigenvalue weighted by Gasteiger charge is -2.23. The smallest absolute Gasteiger partial charge is 0.410 e. The van der Waals surface area contributed by atoms with Crippen LogP contribution in [-0.2, 0) is 4.74 Å². The second-order valence-electron chi connectivity index (χ2n) is 5.60. The molecule has 1 N–H and O–H groups in total. The molecule has 118 valence electrons. The molecule has 1 aromatic rings. The summed E-state index contributed by atoms with van der Waals surface area (Å²) in [5, 5.41) is 7.91. The summed E-state index contributed by atoms with van der Waals surface area (Å²) in [5.41, 5.74) is 2.51. The van der Waals surface area contributed by atoms with Gasteiger partial charge in [0.15, 0.2) is 0 Å². The maximum Gasteiger partial charge on any atom is 0.410 e. The maximum absolute atomic E-state index is 13.4. The molecule has 4 nitrogen and oxygen atoms in total. The Morgan fingerprint density at radius 2 is 2.09 bits per heavy atom. The molecule has 0 saturated carbocycles. The van der Waals surface area contributed by atoms with E-state index in [1.165, 1.54) is 18.2 Å². The molecule has 0 radical (unpaired) electrons. The molecule has 0 aromatic heterocycles. The van der Waals surface area contributed by atoms with Crippen molar-refractivity contribution in [2.75, 3.05) is 13.2 Å². The van der Waals surface area contributed by atoms with Gasteiger partial charge in [0, 0.05) is 12.1 Å². The van der Waals surface area contributed by atoms with Gasteiger partial charge in [0.1, 0.15) is 12.4 Å². The van der Waals surface area contributed by atoms with Gasteiger partial charge in [-0.2, -0.15) is 0 Å². The van der Waals surface area contributed by atoms with Crippen molar-refractivity contribution >= 4 is 11.8 Å². The molecule has 0 spiro atoms. The van der Waals surface area contributed by atoms with Crippen LogP contribution in [0.15, 0.2) is 65.5 Å². The summed E-state index contributed by atoms with van der Waals surface area (Å²) in [6.07, 6.45) is 3.62. The average Bonchev–Trinajstić information content (AvgIpc) is 2.91. The molecule has 1 aliphatic heterocycles. The highest BCUT2D eigenvalue weighted by Gasteiger charge is 2.34. The number of carbonyl (C=O) groups excluding carboxylic acids is 1. The predicted molar refractivity (Wildman–Crippen MR) is 86.0 cm³/mol. The largest absolute Gasteiger partial charge is 0.447 e. The molecule has 3 rings (SSSR count). The van der Waals surface area contributed by atoms with Gasteiger partial charge >= 0.3 is 6.09 Å². The molecule has 0 unspecified atom stereocenters. The lowest BCUT2D eigenvalue weighted by Crippen LogP contribution is -2.30. The molecule has 23 heavy (non-hydrogen) atoms. The maximum atomic E-state index is 13.4. The van der Waals surface area contributed by atoms with Crippen LogP contribution >= 0.6 is 0 Å². The highest BCUT2D eigenvalue weighted by atomic mass is 19.1. The number of carbonyl (C=O) groups is 1. The van der Waals surface area contributed by atoms with Crippen LogP contribution in [0.3, 0.4) is 0 Å². The average molecular weight is 312 g/mol. The first kappa shape index (κ1) is 15.2. The van der Waals surface area contributed by atoms with Gasteiger partial charge in [0.2, 0.25) is 0 Å². The third kappa shape index (κ3) is 3.08. The first-order chi connectivity index (χ1) is 11.1. The number of hydrogen-bond donors (Lipinski definition) is 1. The Bertz CT molecular complexity index is 735. The molecule has 1 saturated heterocycles. The Kier molecular flexibility index (Phi) is 4.10. The Labute approximate surface area is 134 Å². The van der Waals surface area contributed by atoms with Gasteiger partial charge in [0.05, 0.1) is 11.8 Å². The summed E-state index contributed by atoms with van der Waals surface area (Å²) in [6.45, 7) is 2.40. The van der Waals surface area contributed by atoms with Crippen LogP contribution in [0.4, 0.5) is 9.18 Å². The normalized spacial score (nSPS) is 23.0. The van der Waals surface area contributed by atoms with Crippen LogP contribution in [0.1, 0.15) is 18.5 Å². The number of amides is 1. The molecule has 2 aliphatic rings. The minimum Gasteiger partial charge on any atom is -0.447 e. The second kappa shape index (κ2) is 6.20. The Balaban J connectivity index is 1.87. The predicted octanol–water partition coefficient (Wildman–Crippen LogP) is 3.94. The van der Waals surface area contributed by atoms with E-state index in [-0.39, 0.29) is 23.7 Å². The number of allylic oxidation sites excluding steroid dienone is 5. The van der Waals surface area contributed by atoms with Crippen molar-refractivity contribution in [2.45, 2.75) is 13.0 Å². The highest BCUT2D eigenvalue weighted by molar-refractivity contribution is 6.10. The number of halogens is 1. The molecule has 1 atom stereocenters. The quantitative estimate of drug-likeness (QED) is 0.919. The summed E-state index contributed by atoms with van der Waals surface area (Å²) in [5.74, 6) is -0.390. The van der Waals surface area contributed by atoms with Crippen LogP contribution < -0.4 is 0 Å². The number of nitrogens with one attached hydrogen (secondary N) is 1. The van der Waals surface area contributed by atoms with Gasteiger partial charge < -0.3 is 10.1 Å². The van der Waals surface area contributed by atoms with E-state index in [9.17, 15) is 9.18 Å². The van der Waals surface area contributed by atoms with Crippen LogP contribution in [0, 0.1) is 5.41 Å². The van der Waals surface area contributed by atoms with Crippen molar-refractivity contribution in [3.63, 3.8) is 0 Å². The summed E-state index contributed by atoms with van der Waals surface area (Å²) in [7, 11) is 0. The van der Waals surface area contributed by atoms with Crippen molar-refractivity contribution in [3.8, 4) is 0 Å². The summed E-state index contributed by atoms with van der Waals surface area (Å²) >= 11 is 0. The molecular weight excluding hydrogens is 295 g/mol. The molecule has 5 heteroatoms. The third-order valence-electron chi connectivity index (χ3n) is 4.01. The molecule has 1 heterocycles. The zero-order valence-electron chi connectivity index (χ0n) is 12.8. The molecular formula is C18H17FN2O2. The van der Waals surface area contributed by atoms with E-state index >= 15 is 0 Å². The summed E-state index contributed by atoms with van der Waals surface area (Å²) in [6, 6.07) is 9.49. The lowest BCUT2D eigenvalue weighted by molar-refractivity contribution is 0.160. The first-order valence-corrected chi connectivity index (χ1v) is 7.38. The third-order valence-corrected chi connectivity index (χ3v) is 4.01. The topological polar surface area (TPSA) is 53.4 Å². The van der Waals surface area contributed by atoms with E-state index in [1.54, 1.807) is 11.8 Å². The molecule has 1 amide bonds. The number of ether oxygens (including phenoxy) is 1. The van der Waals surface area contributed by atoms with Gasteiger partial charge in [-0.3, -0.25) is 4.90 Å². The molecule has 0 bridgehead atoms. The van der Waals surface area contributed by atoms with Crippen LogP contribution in [0.2, 0.25) is 0 Å². The van der Waals surface area contributed by atoms with E-state index in [2.05, 4.69) is 0 Å². The Morgan fingerprint density at radius 1 is 1.35 bits per heavy atom. The highest BCUT2D eigenvalue weighted by Crippen LogP contribution is 2.29. The van der Waals surface area contributed by atoms with Crippen molar-refractivity contribution in [1.29, 1.82) is 5.41 Å². The van der Waals surface area contributed by atoms with Gasteiger partial charge in [-0.1, -0.05) is 30.3 Å². The van der Waals surface area contributed by atoms with Gasteiger partial charge in [-0.15, -0.1) is 0 Å². The first-order valence-electron chi connectivity index (χ1n) is 7.38. The van der Waals surface area contributed by atoms with Crippen molar-refractivity contribution < 1.29 is 13.9 Å². The molecule has 1 aliphatic carbocycles. The zero-order chi connectivity index (χ0) is 16.4. The van der Waals surface area contributed by atoms with Gasteiger partial charge in [-0.25, -0.2) is 9.18 Å². The number of cyclic esters (lactones) is 1. The molecule has 1 aromatic carbocycles. The van der Waals surface area contributed by atoms with E-state index in [1.807, 2.05) is 30.3 Å². The van der Waals surface area contributed by atoms with Crippen LogP contribution in [0.5, 0.6) is 0 Å². The van der Waals surface area contributed by atoms with Crippen LogP contribution in [-0.4, -0.2) is 29.9 Å². The number of hydrogen-bond acceptors (Lipinski definition) is 3. The van der Waals surface area contributed by atoms with Crippen molar-refractivity contribution in [1.82, 2.24) is 4.90 Å². The second-order valence-corrected chi connectivity index (χ2v) is 5.60.